The highest BCUT2D eigenvalue weighted by Gasteiger charge is 2.47. The normalized spacial score (nSPS) is 26.2. The molecule has 7 heteroatoms. The zero-order valence-corrected chi connectivity index (χ0v) is 11.1. The molecule has 100 valence electrons. The lowest BCUT2D eigenvalue weighted by atomic mass is 9.83. The van der Waals surface area contributed by atoms with Crippen LogP contribution in [0.15, 0.2) is 0 Å². The van der Waals surface area contributed by atoms with E-state index in [0.29, 0.717) is 19.4 Å². The van der Waals surface area contributed by atoms with Gasteiger partial charge in [0.15, 0.2) is 0 Å². The first-order valence-corrected chi connectivity index (χ1v) is 7.30. The van der Waals surface area contributed by atoms with Gasteiger partial charge >= 0.3 is 5.97 Å². The summed E-state index contributed by atoms with van der Waals surface area (Å²) in [6, 6.07) is 0. The van der Waals surface area contributed by atoms with Crippen molar-refractivity contribution in [2.24, 2.45) is 5.41 Å². The van der Waals surface area contributed by atoms with E-state index in [1.54, 1.807) is 6.92 Å². The van der Waals surface area contributed by atoms with Gasteiger partial charge in [-0.25, -0.2) is 4.72 Å². The van der Waals surface area contributed by atoms with Gasteiger partial charge in [-0.15, -0.1) is 0 Å². The molecular weight excluding hydrogens is 244 g/mol. The number of nitrogens with one attached hydrogen (secondary N) is 1. The second kappa shape index (κ2) is 5.32. The minimum atomic E-state index is -3.51. The zero-order chi connectivity index (χ0) is 13.1. The van der Waals surface area contributed by atoms with E-state index in [0.717, 1.165) is 6.42 Å². The van der Waals surface area contributed by atoms with Crippen molar-refractivity contribution in [3.05, 3.63) is 0 Å². The lowest BCUT2D eigenvalue weighted by molar-refractivity contribution is -0.148. The molecule has 0 aromatic rings. The number of hydrogen-bond acceptors (Lipinski definition) is 3. The van der Waals surface area contributed by atoms with Crippen LogP contribution in [-0.2, 0) is 15.0 Å². The van der Waals surface area contributed by atoms with Crippen molar-refractivity contribution in [2.45, 2.75) is 33.1 Å². The first-order valence-electron chi connectivity index (χ1n) is 5.86. The molecule has 1 unspecified atom stereocenters. The van der Waals surface area contributed by atoms with Crippen molar-refractivity contribution in [2.75, 3.05) is 19.6 Å². The number of hydrogen-bond donors (Lipinski definition) is 2. The Hall–Kier alpha value is -0.660. The summed E-state index contributed by atoms with van der Waals surface area (Å²) in [6.45, 7) is 4.27. The molecule has 0 spiro atoms. The molecule has 0 saturated carbocycles. The summed E-state index contributed by atoms with van der Waals surface area (Å²) >= 11 is 0. The molecule has 1 aliphatic heterocycles. The minimum absolute atomic E-state index is 0.0749. The van der Waals surface area contributed by atoms with Crippen LogP contribution in [0.5, 0.6) is 0 Å². The third-order valence-corrected chi connectivity index (χ3v) is 4.81. The van der Waals surface area contributed by atoms with E-state index in [9.17, 15) is 18.3 Å². The van der Waals surface area contributed by atoms with E-state index in [-0.39, 0.29) is 13.1 Å². The van der Waals surface area contributed by atoms with Crippen molar-refractivity contribution in [1.29, 1.82) is 0 Å². The second-order valence-corrected chi connectivity index (χ2v) is 6.18. The van der Waals surface area contributed by atoms with Crippen molar-refractivity contribution in [3.63, 3.8) is 0 Å². The van der Waals surface area contributed by atoms with Crippen molar-refractivity contribution in [3.8, 4) is 0 Å². The predicted molar refractivity (Wildman–Crippen MR) is 63.8 cm³/mol. The fourth-order valence-electron chi connectivity index (χ4n) is 2.28. The Labute approximate surface area is 102 Å². The number of nitrogens with zero attached hydrogens (tertiary/aromatic N) is 1. The van der Waals surface area contributed by atoms with Gasteiger partial charge in [0.2, 0.25) is 0 Å². The van der Waals surface area contributed by atoms with Crippen LogP contribution in [0, 0.1) is 5.41 Å². The van der Waals surface area contributed by atoms with Crippen molar-refractivity contribution < 1.29 is 18.3 Å². The molecule has 0 amide bonds. The summed E-state index contributed by atoms with van der Waals surface area (Å²) in [5.74, 6) is -0.895. The maximum atomic E-state index is 11.8. The smallest absolute Gasteiger partial charge is 0.311 e. The molecule has 1 rings (SSSR count). The largest absolute Gasteiger partial charge is 0.481 e. The summed E-state index contributed by atoms with van der Waals surface area (Å²) in [5, 5.41) is 9.27. The summed E-state index contributed by atoms with van der Waals surface area (Å²) in [7, 11) is -3.51. The Kier molecular flexibility index (Phi) is 4.51. The maximum absolute atomic E-state index is 11.8. The van der Waals surface area contributed by atoms with Crippen LogP contribution in [-0.4, -0.2) is 43.4 Å². The van der Waals surface area contributed by atoms with E-state index in [2.05, 4.69) is 4.72 Å². The molecule has 0 aromatic heterocycles. The van der Waals surface area contributed by atoms with Crippen LogP contribution < -0.4 is 4.72 Å². The van der Waals surface area contributed by atoms with Crippen LogP contribution >= 0.6 is 0 Å². The summed E-state index contributed by atoms with van der Waals surface area (Å²) < 4.78 is 27.2. The first kappa shape index (κ1) is 14.4. The highest BCUT2D eigenvalue weighted by Crippen LogP contribution is 2.36. The van der Waals surface area contributed by atoms with E-state index >= 15 is 0 Å². The fraction of sp³-hybridized carbons (Fsp3) is 0.900. The molecule has 1 atom stereocenters. The fourth-order valence-corrected chi connectivity index (χ4v) is 3.57. The van der Waals surface area contributed by atoms with Gasteiger partial charge in [0.1, 0.15) is 0 Å². The van der Waals surface area contributed by atoms with Gasteiger partial charge < -0.3 is 5.11 Å². The van der Waals surface area contributed by atoms with E-state index in [4.69, 9.17) is 0 Å². The first-order chi connectivity index (χ1) is 7.88. The average Bonchev–Trinajstić information content (AvgIpc) is 2.64. The molecule has 0 aromatic carbocycles. The molecule has 17 heavy (non-hydrogen) atoms. The molecule has 1 fully saturated rings. The molecule has 2 N–H and O–H groups in total. The molecule has 0 radical (unpaired) electrons. The number of aliphatic carboxylic acids is 1. The molecule has 1 aliphatic rings. The van der Waals surface area contributed by atoms with Crippen molar-refractivity contribution >= 4 is 16.2 Å². The summed E-state index contributed by atoms with van der Waals surface area (Å²) in [4.78, 5) is 11.3. The van der Waals surface area contributed by atoms with Gasteiger partial charge in [0, 0.05) is 19.6 Å². The quantitative estimate of drug-likeness (QED) is 0.728. The van der Waals surface area contributed by atoms with Gasteiger partial charge in [-0.05, 0) is 12.8 Å². The number of carboxylic acids is 1. The van der Waals surface area contributed by atoms with Crippen LogP contribution in [0.25, 0.3) is 0 Å². The Morgan fingerprint density at radius 1 is 1.47 bits per heavy atom. The maximum Gasteiger partial charge on any atom is 0.311 e. The van der Waals surface area contributed by atoms with E-state index in [1.165, 1.54) is 4.31 Å². The molecule has 6 nitrogen and oxygen atoms in total. The SMILES string of the molecule is CCCC1(C(=O)O)CCN(S(=O)(=O)NCC)C1. The lowest BCUT2D eigenvalue weighted by Crippen LogP contribution is -2.42. The van der Waals surface area contributed by atoms with Crippen LogP contribution in [0.2, 0.25) is 0 Å². The summed E-state index contributed by atoms with van der Waals surface area (Å²) in [5.41, 5.74) is -0.906. The van der Waals surface area contributed by atoms with Gasteiger partial charge in [0.25, 0.3) is 10.2 Å². The number of carboxylic acid groups (broad SMARTS) is 1. The van der Waals surface area contributed by atoms with E-state index < -0.39 is 21.6 Å². The van der Waals surface area contributed by atoms with Gasteiger partial charge in [0.05, 0.1) is 5.41 Å². The molecule has 1 heterocycles. The van der Waals surface area contributed by atoms with Crippen LogP contribution in [0.3, 0.4) is 0 Å². The van der Waals surface area contributed by atoms with Gasteiger partial charge in [-0.2, -0.15) is 12.7 Å². The zero-order valence-electron chi connectivity index (χ0n) is 10.3. The highest BCUT2D eigenvalue weighted by atomic mass is 32.2. The Morgan fingerprint density at radius 2 is 2.12 bits per heavy atom. The second-order valence-electron chi connectivity index (χ2n) is 4.42. The lowest BCUT2D eigenvalue weighted by Gasteiger charge is -2.24. The molecular formula is C10H20N2O4S. The van der Waals surface area contributed by atoms with Crippen LogP contribution in [0.1, 0.15) is 33.1 Å². The van der Waals surface area contributed by atoms with Crippen LogP contribution in [0.4, 0.5) is 0 Å². The number of rotatable bonds is 6. The predicted octanol–water partition coefficient (Wildman–Crippen LogP) is 0.418. The van der Waals surface area contributed by atoms with Crippen molar-refractivity contribution in [1.82, 2.24) is 9.03 Å². The van der Waals surface area contributed by atoms with Gasteiger partial charge in [-0.1, -0.05) is 20.3 Å². The standard InChI is InChI=1S/C10H20N2O4S/c1-3-5-10(9(13)14)6-7-12(8-10)17(15,16)11-4-2/h11H,3-8H2,1-2H3,(H,13,14). The topological polar surface area (TPSA) is 86.7 Å². The third-order valence-electron chi connectivity index (χ3n) is 3.17. The Balaban J connectivity index is 2.83. The highest BCUT2D eigenvalue weighted by molar-refractivity contribution is 7.87. The molecule has 0 aliphatic carbocycles. The molecule has 1 saturated heterocycles. The average molecular weight is 264 g/mol. The van der Waals surface area contributed by atoms with Gasteiger partial charge in [-0.3, -0.25) is 4.79 Å². The Bertz CT molecular complexity index is 382. The third kappa shape index (κ3) is 2.97. The number of carbonyl (C=O) groups is 1. The van der Waals surface area contributed by atoms with E-state index in [1.807, 2.05) is 6.92 Å². The summed E-state index contributed by atoms with van der Waals surface area (Å²) in [6.07, 6.45) is 1.64. The minimum Gasteiger partial charge on any atom is -0.481 e. The Morgan fingerprint density at radius 3 is 2.59 bits per heavy atom. The molecule has 0 bridgehead atoms. The monoisotopic (exact) mass is 264 g/mol.